The topological polar surface area (TPSA) is 26.3 Å². The van der Waals surface area contributed by atoms with Crippen molar-refractivity contribution in [3.05, 3.63) is 52.0 Å². The van der Waals surface area contributed by atoms with Crippen molar-refractivity contribution in [2.24, 2.45) is 5.92 Å². The highest BCUT2D eigenvalue weighted by atomic mass is 35.5. The molecule has 0 saturated heterocycles. The first-order valence-corrected chi connectivity index (χ1v) is 6.33. The minimum Gasteiger partial charge on any atom is -0.488 e. The Morgan fingerprint density at radius 1 is 1.33 bits per heavy atom. The van der Waals surface area contributed by atoms with E-state index in [4.69, 9.17) is 27.9 Å². The summed E-state index contributed by atoms with van der Waals surface area (Å²) in [5.41, 5.74) is 0.929. The van der Waals surface area contributed by atoms with Gasteiger partial charge in [-0.2, -0.15) is 0 Å². The normalized spacial score (nSPS) is 18.7. The average Bonchev–Trinajstić information content (AvgIpc) is 2.36. The zero-order valence-electron chi connectivity index (χ0n) is 9.82. The Balaban J connectivity index is 2.08. The van der Waals surface area contributed by atoms with Crippen LogP contribution in [0.3, 0.4) is 0 Å². The number of rotatable bonds is 3. The maximum atomic E-state index is 11.5. The summed E-state index contributed by atoms with van der Waals surface area (Å²) in [6, 6.07) is 5.22. The van der Waals surface area contributed by atoms with E-state index in [1.165, 1.54) is 0 Å². The fraction of sp³-hybridized carbons (Fsp3) is 0.214. The number of carbonyl (C=O) groups excluding carboxylic acids is 1. The van der Waals surface area contributed by atoms with Gasteiger partial charge in [0.15, 0.2) is 5.78 Å². The van der Waals surface area contributed by atoms with Gasteiger partial charge in [-0.3, -0.25) is 4.79 Å². The van der Waals surface area contributed by atoms with Crippen LogP contribution < -0.4 is 4.74 Å². The van der Waals surface area contributed by atoms with Crippen LogP contribution in [-0.2, 0) is 4.79 Å². The van der Waals surface area contributed by atoms with Gasteiger partial charge >= 0.3 is 0 Å². The van der Waals surface area contributed by atoms with Crippen LogP contribution in [0.5, 0.6) is 5.75 Å². The van der Waals surface area contributed by atoms with Gasteiger partial charge in [-0.25, -0.2) is 0 Å². The molecule has 0 bridgehead atoms. The Morgan fingerprint density at radius 3 is 2.89 bits per heavy atom. The molecule has 18 heavy (non-hydrogen) atoms. The molecule has 0 spiro atoms. The van der Waals surface area contributed by atoms with Crippen molar-refractivity contribution < 1.29 is 9.53 Å². The molecule has 1 aromatic carbocycles. The van der Waals surface area contributed by atoms with Crippen LogP contribution in [0.1, 0.15) is 6.92 Å². The standard InChI is InChI=1S/C14H12Cl2O2/c1-9-10(4-2-6-12(9)17)8-18-13-7-3-5-11(15)14(13)16/h2-7,9H,8H2,1H3. The molecule has 1 atom stereocenters. The van der Waals surface area contributed by atoms with Crippen molar-refractivity contribution in [3.63, 3.8) is 0 Å². The molecule has 0 aliphatic heterocycles. The first-order chi connectivity index (χ1) is 8.59. The molecule has 0 N–H and O–H groups in total. The number of hydrogen-bond acceptors (Lipinski definition) is 2. The van der Waals surface area contributed by atoms with Crippen LogP contribution in [0.15, 0.2) is 42.0 Å². The highest BCUT2D eigenvalue weighted by Gasteiger charge is 2.18. The third kappa shape index (κ3) is 2.77. The van der Waals surface area contributed by atoms with Crippen LogP contribution in [0.2, 0.25) is 10.0 Å². The Kier molecular flexibility index (Phi) is 4.10. The summed E-state index contributed by atoms with van der Waals surface area (Å²) >= 11 is 11.9. The molecule has 0 radical (unpaired) electrons. The molecule has 1 unspecified atom stereocenters. The van der Waals surface area contributed by atoms with Gasteiger partial charge in [0.2, 0.25) is 0 Å². The van der Waals surface area contributed by atoms with E-state index < -0.39 is 0 Å². The maximum absolute atomic E-state index is 11.5. The first kappa shape index (κ1) is 13.2. The van der Waals surface area contributed by atoms with Gasteiger partial charge in [0.1, 0.15) is 17.4 Å². The average molecular weight is 283 g/mol. The van der Waals surface area contributed by atoms with E-state index in [0.29, 0.717) is 22.4 Å². The van der Waals surface area contributed by atoms with Crippen molar-refractivity contribution in [2.45, 2.75) is 6.92 Å². The third-order valence-electron chi connectivity index (χ3n) is 2.86. The molecule has 1 aliphatic rings. The largest absolute Gasteiger partial charge is 0.488 e. The van der Waals surface area contributed by atoms with Crippen LogP contribution >= 0.6 is 23.2 Å². The molecule has 0 aromatic heterocycles. The smallest absolute Gasteiger partial charge is 0.162 e. The summed E-state index contributed by atoms with van der Waals surface area (Å²) in [5, 5.41) is 0.848. The Hall–Kier alpha value is -1.25. The van der Waals surface area contributed by atoms with Crippen molar-refractivity contribution in [1.82, 2.24) is 0 Å². The lowest BCUT2D eigenvalue weighted by Crippen LogP contribution is -2.18. The first-order valence-electron chi connectivity index (χ1n) is 5.57. The van der Waals surface area contributed by atoms with Crippen molar-refractivity contribution in [3.8, 4) is 5.75 Å². The number of carbonyl (C=O) groups is 1. The predicted octanol–water partition coefficient (Wildman–Crippen LogP) is 4.07. The fourth-order valence-electron chi connectivity index (χ4n) is 1.67. The van der Waals surface area contributed by atoms with E-state index in [1.54, 1.807) is 30.4 Å². The quantitative estimate of drug-likeness (QED) is 0.835. The second kappa shape index (κ2) is 5.59. The Labute approximate surface area is 116 Å². The van der Waals surface area contributed by atoms with Gasteiger partial charge in [0, 0.05) is 5.92 Å². The van der Waals surface area contributed by atoms with Gasteiger partial charge in [-0.05, 0) is 23.8 Å². The predicted molar refractivity (Wildman–Crippen MR) is 73.4 cm³/mol. The summed E-state index contributed by atoms with van der Waals surface area (Å²) < 4.78 is 5.61. The molecule has 1 aromatic rings. The minimum atomic E-state index is -0.145. The second-order valence-electron chi connectivity index (χ2n) is 4.07. The number of allylic oxidation sites excluding steroid dienone is 3. The van der Waals surface area contributed by atoms with E-state index >= 15 is 0 Å². The van der Waals surface area contributed by atoms with Gasteiger partial charge in [-0.1, -0.05) is 48.3 Å². The zero-order valence-corrected chi connectivity index (χ0v) is 11.3. The SMILES string of the molecule is CC1C(=O)C=CC=C1COc1cccc(Cl)c1Cl. The lowest BCUT2D eigenvalue weighted by atomic mass is 9.93. The molecular formula is C14H12Cl2O2. The molecule has 2 rings (SSSR count). The monoisotopic (exact) mass is 282 g/mol. The van der Waals surface area contributed by atoms with Crippen LogP contribution in [0.4, 0.5) is 0 Å². The summed E-state index contributed by atoms with van der Waals surface area (Å²) in [4.78, 5) is 11.5. The fourth-order valence-corrected chi connectivity index (χ4v) is 2.01. The summed E-state index contributed by atoms with van der Waals surface area (Å²) in [6.45, 7) is 2.19. The van der Waals surface area contributed by atoms with Gasteiger partial charge < -0.3 is 4.74 Å². The highest BCUT2D eigenvalue weighted by molar-refractivity contribution is 6.42. The number of benzene rings is 1. The number of hydrogen-bond donors (Lipinski definition) is 0. The molecule has 2 nitrogen and oxygen atoms in total. The summed E-state index contributed by atoms with van der Waals surface area (Å²) in [6.07, 6.45) is 5.20. The number of ether oxygens (including phenoxy) is 1. The lowest BCUT2D eigenvalue weighted by Gasteiger charge is -2.17. The van der Waals surface area contributed by atoms with E-state index in [-0.39, 0.29) is 11.7 Å². The number of halogens is 2. The Morgan fingerprint density at radius 2 is 2.11 bits per heavy atom. The van der Waals surface area contributed by atoms with Gasteiger partial charge in [0.05, 0.1) is 5.02 Å². The lowest BCUT2D eigenvalue weighted by molar-refractivity contribution is -0.117. The second-order valence-corrected chi connectivity index (χ2v) is 4.85. The van der Waals surface area contributed by atoms with Crippen molar-refractivity contribution >= 4 is 29.0 Å². The van der Waals surface area contributed by atoms with E-state index in [0.717, 1.165) is 5.57 Å². The molecule has 0 saturated carbocycles. The van der Waals surface area contributed by atoms with E-state index in [9.17, 15) is 4.79 Å². The highest BCUT2D eigenvalue weighted by Crippen LogP contribution is 2.32. The van der Waals surface area contributed by atoms with E-state index in [1.807, 2.05) is 13.0 Å². The van der Waals surface area contributed by atoms with E-state index in [2.05, 4.69) is 0 Å². The third-order valence-corrected chi connectivity index (χ3v) is 3.67. The molecule has 94 valence electrons. The molecule has 0 heterocycles. The molecule has 1 aliphatic carbocycles. The van der Waals surface area contributed by atoms with Crippen LogP contribution in [-0.4, -0.2) is 12.4 Å². The minimum absolute atomic E-state index is 0.0910. The van der Waals surface area contributed by atoms with Crippen LogP contribution in [0.25, 0.3) is 0 Å². The maximum Gasteiger partial charge on any atom is 0.162 e. The van der Waals surface area contributed by atoms with Gasteiger partial charge in [0.25, 0.3) is 0 Å². The molecular weight excluding hydrogens is 271 g/mol. The van der Waals surface area contributed by atoms with Crippen molar-refractivity contribution in [1.29, 1.82) is 0 Å². The molecule has 4 heteroatoms. The Bertz CT molecular complexity index is 533. The summed E-state index contributed by atoms with van der Waals surface area (Å²) in [7, 11) is 0. The molecule has 0 fully saturated rings. The summed E-state index contributed by atoms with van der Waals surface area (Å²) in [5.74, 6) is 0.473. The zero-order chi connectivity index (χ0) is 13.1. The van der Waals surface area contributed by atoms with Crippen LogP contribution in [0, 0.1) is 5.92 Å². The number of ketones is 1. The van der Waals surface area contributed by atoms with Gasteiger partial charge in [-0.15, -0.1) is 0 Å². The molecule has 0 amide bonds. The van der Waals surface area contributed by atoms with Crippen molar-refractivity contribution in [2.75, 3.05) is 6.61 Å².